The quantitative estimate of drug-likeness (QED) is 0.462. The zero-order valence-corrected chi connectivity index (χ0v) is 18.2. The number of para-hydroxylation sites is 1. The van der Waals surface area contributed by atoms with Crippen molar-refractivity contribution in [3.05, 3.63) is 83.7 Å². The molecule has 1 amide bonds. The van der Waals surface area contributed by atoms with Crippen LogP contribution in [0.25, 0.3) is 22.4 Å². The summed E-state index contributed by atoms with van der Waals surface area (Å²) < 4.78 is 7.62. The van der Waals surface area contributed by atoms with E-state index < -0.39 is 6.04 Å². The molecule has 164 valence electrons. The van der Waals surface area contributed by atoms with Gasteiger partial charge in [-0.2, -0.15) is 5.10 Å². The number of imidazole rings is 1. The molecule has 0 radical (unpaired) electrons. The number of nitrogens with zero attached hydrogens (tertiary/aromatic N) is 6. The van der Waals surface area contributed by atoms with Gasteiger partial charge in [0.05, 0.1) is 40.7 Å². The van der Waals surface area contributed by atoms with Crippen molar-refractivity contribution in [3.8, 4) is 11.5 Å². The Labute approximate surface area is 189 Å². The third-order valence-corrected chi connectivity index (χ3v) is 6.03. The highest BCUT2D eigenvalue weighted by molar-refractivity contribution is 5.93. The molecule has 0 saturated carbocycles. The van der Waals surface area contributed by atoms with Crippen LogP contribution in [-0.4, -0.2) is 47.1 Å². The molecule has 9 heteroatoms. The summed E-state index contributed by atoms with van der Waals surface area (Å²) in [4.78, 5) is 32.7. The second-order valence-corrected chi connectivity index (χ2v) is 8.18. The number of aromatic nitrogens is 6. The number of aryl methyl sites for hydroxylation is 2. The molecule has 0 fully saturated rings. The van der Waals surface area contributed by atoms with E-state index in [4.69, 9.17) is 9.40 Å². The van der Waals surface area contributed by atoms with E-state index in [1.165, 1.54) is 0 Å². The van der Waals surface area contributed by atoms with Crippen molar-refractivity contribution >= 4 is 16.8 Å². The third kappa shape index (κ3) is 3.20. The highest BCUT2D eigenvalue weighted by Gasteiger charge is 2.37. The monoisotopic (exact) mass is 439 g/mol. The molecule has 1 aliphatic heterocycles. The Kier molecular flexibility index (Phi) is 4.36. The predicted molar refractivity (Wildman–Crippen MR) is 120 cm³/mol. The Hall–Kier alpha value is -4.27. The van der Waals surface area contributed by atoms with E-state index in [0.29, 0.717) is 24.6 Å². The number of hydrogen-bond donors (Lipinski definition) is 1. The van der Waals surface area contributed by atoms with Gasteiger partial charge in [0, 0.05) is 37.3 Å². The fourth-order valence-corrected chi connectivity index (χ4v) is 4.41. The number of fused-ring (bicyclic) bond motifs is 2. The lowest BCUT2D eigenvalue weighted by Gasteiger charge is -2.34. The normalized spacial score (nSPS) is 15.7. The number of nitrogens with one attached hydrogen (secondary N) is 1. The van der Waals surface area contributed by atoms with Crippen molar-refractivity contribution in [2.45, 2.75) is 19.4 Å². The molecule has 1 N–H and O–H groups in total. The molecule has 33 heavy (non-hydrogen) atoms. The van der Waals surface area contributed by atoms with Crippen LogP contribution in [0.2, 0.25) is 0 Å². The molecule has 1 aromatic carbocycles. The molecule has 1 atom stereocenters. The van der Waals surface area contributed by atoms with Crippen molar-refractivity contribution in [1.29, 1.82) is 0 Å². The van der Waals surface area contributed by atoms with Gasteiger partial charge in [0.2, 0.25) is 11.7 Å². The molecule has 5 heterocycles. The predicted octanol–water partition coefficient (Wildman–Crippen LogP) is 3.44. The van der Waals surface area contributed by atoms with Crippen molar-refractivity contribution < 1.29 is 9.21 Å². The van der Waals surface area contributed by atoms with Crippen LogP contribution in [0.1, 0.15) is 39.4 Å². The van der Waals surface area contributed by atoms with Gasteiger partial charge in [-0.1, -0.05) is 24.3 Å². The molecule has 0 bridgehead atoms. The molecule has 0 unspecified atom stereocenters. The van der Waals surface area contributed by atoms with Crippen LogP contribution >= 0.6 is 0 Å². The first-order chi connectivity index (χ1) is 16.1. The summed E-state index contributed by atoms with van der Waals surface area (Å²) in [5.74, 6) is 0.365. The average Bonchev–Trinajstić information content (AvgIpc) is 3.57. The summed E-state index contributed by atoms with van der Waals surface area (Å²) >= 11 is 0. The molecule has 0 saturated heterocycles. The van der Waals surface area contributed by atoms with E-state index in [-0.39, 0.29) is 11.7 Å². The topological polar surface area (TPSA) is 106 Å². The van der Waals surface area contributed by atoms with Gasteiger partial charge >= 0.3 is 0 Å². The first-order valence-electron chi connectivity index (χ1n) is 10.7. The molecular weight excluding hydrogens is 418 g/mol. The highest BCUT2D eigenvalue weighted by atomic mass is 16.4. The Morgan fingerprint density at radius 1 is 1.18 bits per heavy atom. The Balaban J connectivity index is 1.43. The molecular formula is C24H21N7O2. The molecule has 9 nitrogen and oxygen atoms in total. The van der Waals surface area contributed by atoms with E-state index >= 15 is 0 Å². The third-order valence-electron chi connectivity index (χ3n) is 6.03. The largest absolute Gasteiger partial charge is 0.431 e. The lowest BCUT2D eigenvalue weighted by atomic mass is 9.98. The van der Waals surface area contributed by atoms with Crippen molar-refractivity contribution in [2.75, 3.05) is 6.54 Å². The van der Waals surface area contributed by atoms with Gasteiger partial charge in [0.15, 0.2) is 0 Å². The first-order valence-corrected chi connectivity index (χ1v) is 10.7. The van der Waals surface area contributed by atoms with E-state index in [0.717, 1.165) is 33.5 Å². The van der Waals surface area contributed by atoms with Gasteiger partial charge in [-0.05, 0) is 19.1 Å². The number of aromatic amines is 1. The number of oxazole rings is 1. The minimum atomic E-state index is -0.427. The van der Waals surface area contributed by atoms with Crippen LogP contribution in [0.5, 0.6) is 0 Å². The number of carbonyl (C=O) groups is 1. The van der Waals surface area contributed by atoms with E-state index in [1.54, 1.807) is 35.2 Å². The zero-order valence-electron chi connectivity index (χ0n) is 18.2. The summed E-state index contributed by atoms with van der Waals surface area (Å²) in [6.45, 7) is 2.29. The van der Waals surface area contributed by atoms with Crippen LogP contribution in [0.15, 0.2) is 59.5 Å². The number of pyridine rings is 1. The minimum absolute atomic E-state index is 0.221. The second-order valence-electron chi connectivity index (χ2n) is 8.18. The molecule has 5 aromatic rings. The molecule has 4 aromatic heterocycles. The highest BCUT2D eigenvalue weighted by Crippen LogP contribution is 2.35. The molecule has 6 rings (SSSR count). The van der Waals surface area contributed by atoms with Crippen LogP contribution < -0.4 is 0 Å². The average molecular weight is 439 g/mol. The Morgan fingerprint density at radius 3 is 2.91 bits per heavy atom. The zero-order chi connectivity index (χ0) is 22.5. The number of amides is 1. The maximum Gasteiger partial charge on any atom is 0.292 e. The van der Waals surface area contributed by atoms with E-state index in [9.17, 15) is 4.79 Å². The van der Waals surface area contributed by atoms with Crippen molar-refractivity contribution in [3.63, 3.8) is 0 Å². The lowest BCUT2D eigenvalue weighted by molar-refractivity contribution is 0.0654. The van der Waals surface area contributed by atoms with E-state index in [1.807, 2.05) is 43.4 Å². The SMILES string of the molecule is Cc1nc(-c2cnn(C)c2)oc1C(=O)N1CCc2[nH]cnc2[C@@H]1c1ccc2ccccc2n1. The minimum Gasteiger partial charge on any atom is -0.431 e. The lowest BCUT2D eigenvalue weighted by Crippen LogP contribution is -2.41. The number of hydrogen-bond acceptors (Lipinski definition) is 6. The van der Waals surface area contributed by atoms with Gasteiger partial charge in [-0.3, -0.25) is 14.5 Å². The standard InChI is InChI=1S/C24H21N7O2/c1-14-22(33-23(28-14)16-11-27-30(2)12-16)24(32)31-10-9-18-20(26-13-25-18)21(31)19-8-7-15-5-3-4-6-17(15)29-19/h3-8,11-13,21H,9-10H2,1-2H3,(H,25,26)/t21-/m0/s1. The summed E-state index contributed by atoms with van der Waals surface area (Å²) in [5.41, 5.74) is 4.73. The number of benzene rings is 1. The van der Waals surface area contributed by atoms with E-state index in [2.05, 4.69) is 20.1 Å². The van der Waals surface area contributed by atoms with Crippen LogP contribution in [0, 0.1) is 6.92 Å². The van der Waals surface area contributed by atoms with Crippen molar-refractivity contribution in [2.24, 2.45) is 7.05 Å². The summed E-state index contributed by atoms with van der Waals surface area (Å²) in [5, 5.41) is 5.21. The summed E-state index contributed by atoms with van der Waals surface area (Å²) in [6, 6.07) is 11.5. The van der Waals surface area contributed by atoms with Crippen LogP contribution in [0.3, 0.4) is 0 Å². The number of carbonyl (C=O) groups excluding carboxylic acids is 1. The van der Waals surface area contributed by atoms with Gasteiger partial charge in [0.25, 0.3) is 5.91 Å². The first kappa shape index (κ1) is 19.4. The molecule has 1 aliphatic rings. The fraction of sp³-hybridized carbons (Fsp3) is 0.208. The Morgan fingerprint density at radius 2 is 2.06 bits per heavy atom. The number of H-pyrrole nitrogens is 1. The maximum atomic E-state index is 13.8. The Bertz CT molecular complexity index is 1500. The smallest absolute Gasteiger partial charge is 0.292 e. The molecule has 0 aliphatic carbocycles. The second kappa shape index (κ2) is 7.40. The van der Waals surface area contributed by atoms with Gasteiger partial charge in [-0.15, -0.1) is 0 Å². The maximum absolute atomic E-state index is 13.8. The van der Waals surface area contributed by atoms with Gasteiger partial charge in [-0.25, -0.2) is 9.97 Å². The van der Waals surface area contributed by atoms with Crippen LogP contribution in [-0.2, 0) is 13.5 Å². The number of rotatable bonds is 3. The summed E-state index contributed by atoms with van der Waals surface area (Å²) in [6.07, 6.45) is 5.82. The summed E-state index contributed by atoms with van der Waals surface area (Å²) in [7, 11) is 1.82. The fourth-order valence-electron chi connectivity index (χ4n) is 4.41. The molecule has 0 spiro atoms. The van der Waals surface area contributed by atoms with Gasteiger partial charge < -0.3 is 14.3 Å². The van der Waals surface area contributed by atoms with Crippen molar-refractivity contribution in [1.82, 2.24) is 34.6 Å². The van der Waals surface area contributed by atoms with Crippen LogP contribution in [0.4, 0.5) is 0 Å². The van der Waals surface area contributed by atoms with Gasteiger partial charge in [0.1, 0.15) is 6.04 Å².